The topological polar surface area (TPSA) is 67.9 Å². The van der Waals surface area contributed by atoms with Crippen LogP contribution < -0.4 is 19.7 Å². The molecule has 2 aromatic carbocycles. The second-order valence-electron chi connectivity index (χ2n) is 5.81. The molecule has 0 radical (unpaired) electrons. The molecule has 0 spiro atoms. The quantitative estimate of drug-likeness (QED) is 0.929. The highest BCUT2D eigenvalue weighted by atomic mass is 16.5. The number of methoxy groups -OCH3 is 1. The summed E-state index contributed by atoms with van der Waals surface area (Å²) in [4.78, 5) is 25.8. The Labute approximate surface area is 146 Å². The number of fused-ring (bicyclic) bond motifs is 1. The molecule has 2 amide bonds. The number of nitrogens with zero attached hydrogens (tertiary/aromatic N) is 1. The van der Waals surface area contributed by atoms with Crippen LogP contribution in [-0.4, -0.2) is 32.6 Å². The smallest absolute Gasteiger partial charge is 0.230 e. The third-order valence-corrected chi connectivity index (χ3v) is 4.08. The molecule has 0 saturated heterocycles. The van der Waals surface area contributed by atoms with Gasteiger partial charge in [-0.2, -0.15) is 0 Å². The maximum Gasteiger partial charge on any atom is 0.230 e. The zero-order chi connectivity index (χ0) is 17.8. The van der Waals surface area contributed by atoms with Crippen LogP contribution in [0, 0.1) is 0 Å². The fourth-order valence-electron chi connectivity index (χ4n) is 2.66. The maximum absolute atomic E-state index is 12.3. The predicted octanol–water partition coefficient (Wildman–Crippen LogP) is 2.62. The highest BCUT2D eigenvalue weighted by Gasteiger charge is 2.20. The standard InChI is InChI=1S/C19H20N2O4/c1-21-16-12-14(5-8-17(16)25-10-9-19(21)23)20-18(22)11-13-3-6-15(24-2)7-4-13/h3-8,12H,9-11H2,1-2H3,(H,20,22). The van der Waals surface area contributed by atoms with Crippen LogP contribution in [0.1, 0.15) is 12.0 Å². The van der Waals surface area contributed by atoms with Crippen LogP contribution in [0.2, 0.25) is 0 Å². The first-order chi connectivity index (χ1) is 12.1. The fourth-order valence-corrected chi connectivity index (χ4v) is 2.66. The summed E-state index contributed by atoms with van der Waals surface area (Å²) >= 11 is 0. The van der Waals surface area contributed by atoms with Gasteiger partial charge in [-0.15, -0.1) is 0 Å². The minimum absolute atomic E-state index is 0.0135. The van der Waals surface area contributed by atoms with E-state index in [-0.39, 0.29) is 18.2 Å². The molecule has 1 aliphatic heterocycles. The molecule has 1 heterocycles. The van der Waals surface area contributed by atoms with Gasteiger partial charge in [-0.25, -0.2) is 0 Å². The van der Waals surface area contributed by atoms with Crippen molar-refractivity contribution in [1.82, 2.24) is 0 Å². The van der Waals surface area contributed by atoms with Crippen molar-refractivity contribution in [2.24, 2.45) is 0 Å². The number of rotatable bonds is 4. The Morgan fingerprint density at radius 3 is 2.72 bits per heavy atom. The van der Waals surface area contributed by atoms with Crippen molar-refractivity contribution in [3.05, 3.63) is 48.0 Å². The molecule has 2 aromatic rings. The summed E-state index contributed by atoms with van der Waals surface area (Å²) in [5, 5.41) is 2.86. The van der Waals surface area contributed by atoms with Crippen LogP contribution in [0.4, 0.5) is 11.4 Å². The van der Waals surface area contributed by atoms with E-state index >= 15 is 0 Å². The molecule has 6 heteroatoms. The SMILES string of the molecule is COc1ccc(CC(=O)Nc2ccc3c(c2)N(C)C(=O)CCO3)cc1. The van der Waals surface area contributed by atoms with E-state index in [4.69, 9.17) is 9.47 Å². The number of benzene rings is 2. The largest absolute Gasteiger partial charge is 0.497 e. The average molecular weight is 340 g/mol. The summed E-state index contributed by atoms with van der Waals surface area (Å²) < 4.78 is 10.7. The Kier molecular flexibility index (Phi) is 4.88. The molecule has 0 unspecified atom stereocenters. The number of carbonyl (C=O) groups excluding carboxylic acids is 2. The Bertz CT molecular complexity index is 787. The number of hydrogen-bond acceptors (Lipinski definition) is 4. The minimum Gasteiger partial charge on any atom is -0.497 e. The van der Waals surface area contributed by atoms with Gasteiger partial charge in [0, 0.05) is 12.7 Å². The van der Waals surface area contributed by atoms with Crippen molar-refractivity contribution in [1.29, 1.82) is 0 Å². The Morgan fingerprint density at radius 1 is 1.24 bits per heavy atom. The molecule has 3 rings (SSSR count). The molecule has 1 aliphatic rings. The molecule has 6 nitrogen and oxygen atoms in total. The lowest BCUT2D eigenvalue weighted by Gasteiger charge is -2.17. The van der Waals surface area contributed by atoms with Crippen LogP contribution in [-0.2, 0) is 16.0 Å². The van der Waals surface area contributed by atoms with Gasteiger partial charge in [0.2, 0.25) is 11.8 Å². The Hall–Kier alpha value is -3.02. The van der Waals surface area contributed by atoms with E-state index in [2.05, 4.69) is 5.32 Å². The predicted molar refractivity (Wildman–Crippen MR) is 95.3 cm³/mol. The van der Waals surface area contributed by atoms with E-state index in [0.717, 1.165) is 11.3 Å². The van der Waals surface area contributed by atoms with Crippen LogP contribution in [0.15, 0.2) is 42.5 Å². The molecule has 0 atom stereocenters. The van der Waals surface area contributed by atoms with Crippen molar-refractivity contribution < 1.29 is 19.1 Å². The molecule has 1 N–H and O–H groups in total. The Morgan fingerprint density at radius 2 is 2.00 bits per heavy atom. The highest BCUT2D eigenvalue weighted by Crippen LogP contribution is 2.33. The summed E-state index contributed by atoms with van der Waals surface area (Å²) in [7, 11) is 3.31. The molecule has 0 fully saturated rings. The van der Waals surface area contributed by atoms with Gasteiger partial charge in [0.15, 0.2) is 0 Å². The van der Waals surface area contributed by atoms with Gasteiger partial charge in [0.25, 0.3) is 0 Å². The maximum atomic E-state index is 12.3. The summed E-state index contributed by atoms with van der Waals surface area (Å²) in [5.41, 5.74) is 2.18. The number of hydrogen-bond donors (Lipinski definition) is 1. The summed E-state index contributed by atoms with van der Waals surface area (Å²) in [6, 6.07) is 12.7. The van der Waals surface area contributed by atoms with Crippen LogP contribution in [0.3, 0.4) is 0 Å². The van der Waals surface area contributed by atoms with Crippen molar-refractivity contribution >= 4 is 23.2 Å². The molecule has 0 saturated carbocycles. The molecular formula is C19H20N2O4. The van der Waals surface area contributed by atoms with E-state index in [1.165, 1.54) is 0 Å². The summed E-state index contributed by atoms with van der Waals surface area (Å²) in [6.07, 6.45) is 0.594. The molecular weight excluding hydrogens is 320 g/mol. The number of nitrogens with one attached hydrogen (secondary N) is 1. The van der Waals surface area contributed by atoms with Gasteiger partial charge in [-0.1, -0.05) is 12.1 Å². The lowest BCUT2D eigenvalue weighted by atomic mass is 10.1. The second kappa shape index (κ2) is 7.25. The summed E-state index contributed by atoms with van der Waals surface area (Å²) in [5.74, 6) is 1.25. The minimum atomic E-state index is -0.131. The van der Waals surface area contributed by atoms with E-state index < -0.39 is 0 Å². The van der Waals surface area contributed by atoms with Gasteiger partial charge >= 0.3 is 0 Å². The molecule has 0 aromatic heterocycles. The van der Waals surface area contributed by atoms with Crippen molar-refractivity contribution in [3.63, 3.8) is 0 Å². The monoisotopic (exact) mass is 340 g/mol. The molecule has 25 heavy (non-hydrogen) atoms. The van der Waals surface area contributed by atoms with Crippen LogP contribution >= 0.6 is 0 Å². The highest BCUT2D eigenvalue weighted by molar-refractivity contribution is 5.97. The van der Waals surface area contributed by atoms with Gasteiger partial charge in [0.05, 0.1) is 32.2 Å². The first-order valence-electron chi connectivity index (χ1n) is 8.03. The van der Waals surface area contributed by atoms with Crippen molar-refractivity contribution in [3.8, 4) is 11.5 Å². The van der Waals surface area contributed by atoms with E-state index in [1.807, 2.05) is 24.3 Å². The third-order valence-electron chi connectivity index (χ3n) is 4.08. The first-order valence-corrected chi connectivity index (χ1v) is 8.03. The van der Waals surface area contributed by atoms with E-state index in [1.54, 1.807) is 37.3 Å². The van der Waals surface area contributed by atoms with Crippen LogP contribution in [0.5, 0.6) is 11.5 Å². The number of amides is 2. The Balaban J connectivity index is 1.71. The van der Waals surface area contributed by atoms with E-state index in [0.29, 0.717) is 30.2 Å². The van der Waals surface area contributed by atoms with Gasteiger partial charge in [0.1, 0.15) is 11.5 Å². The van der Waals surface area contributed by atoms with Crippen LogP contribution in [0.25, 0.3) is 0 Å². The lowest BCUT2D eigenvalue weighted by Crippen LogP contribution is -2.25. The number of carbonyl (C=O) groups is 2. The fraction of sp³-hybridized carbons (Fsp3) is 0.263. The van der Waals surface area contributed by atoms with E-state index in [9.17, 15) is 9.59 Å². The lowest BCUT2D eigenvalue weighted by molar-refractivity contribution is -0.118. The third kappa shape index (κ3) is 3.91. The van der Waals surface area contributed by atoms with Gasteiger partial charge in [-0.3, -0.25) is 9.59 Å². The molecule has 0 bridgehead atoms. The first kappa shape index (κ1) is 16.8. The number of anilines is 2. The van der Waals surface area contributed by atoms with Crippen molar-refractivity contribution in [2.45, 2.75) is 12.8 Å². The normalized spacial score (nSPS) is 13.5. The molecule has 130 valence electrons. The second-order valence-corrected chi connectivity index (χ2v) is 5.81. The number of ether oxygens (including phenoxy) is 2. The van der Waals surface area contributed by atoms with Gasteiger partial charge in [-0.05, 0) is 35.9 Å². The summed E-state index contributed by atoms with van der Waals surface area (Å²) in [6.45, 7) is 0.360. The zero-order valence-electron chi connectivity index (χ0n) is 14.2. The average Bonchev–Trinajstić information content (AvgIpc) is 2.75. The molecule has 0 aliphatic carbocycles. The zero-order valence-corrected chi connectivity index (χ0v) is 14.2. The van der Waals surface area contributed by atoms with Gasteiger partial charge < -0.3 is 19.7 Å². The van der Waals surface area contributed by atoms with Crippen molar-refractivity contribution in [2.75, 3.05) is 31.0 Å².